The van der Waals surface area contributed by atoms with Gasteiger partial charge in [-0.25, -0.2) is 13.8 Å². The molecule has 2 nitrogen and oxygen atoms in total. The summed E-state index contributed by atoms with van der Waals surface area (Å²) >= 11 is 0. The maximum atomic E-state index is 14.9. The fourth-order valence-electron chi connectivity index (χ4n) is 3.94. The maximum Gasteiger partial charge on any atom is 0.144 e. The van der Waals surface area contributed by atoms with E-state index in [4.69, 9.17) is 4.98 Å². The molecule has 0 saturated carbocycles. The van der Waals surface area contributed by atoms with Crippen LogP contribution in [0.5, 0.6) is 0 Å². The van der Waals surface area contributed by atoms with E-state index in [0.717, 1.165) is 22.5 Å². The van der Waals surface area contributed by atoms with E-state index >= 15 is 0 Å². The van der Waals surface area contributed by atoms with Crippen LogP contribution in [0.4, 0.5) is 8.78 Å². The summed E-state index contributed by atoms with van der Waals surface area (Å²) in [5.41, 5.74) is 4.28. The lowest BCUT2D eigenvalue weighted by Gasteiger charge is -2.14. The van der Waals surface area contributed by atoms with Crippen LogP contribution in [0.15, 0.2) is 109 Å². The van der Waals surface area contributed by atoms with Gasteiger partial charge in [0.05, 0.1) is 23.5 Å². The molecule has 4 heteroatoms. The predicted molar refractivity (Wildman–Crippen MR) is 124 cm³/mol. The van der Waals surface area contributed by atoms with Gasteiger partial charge in [0.15, 0.2) is 0 Å². The Kier molecular flexibility index (Phi) is 5.34. The molecule has 0 atom stereocenters. The molecule has 156 valence electrons. The monoisotopic (exact) mass is 422 g/mol. The molecule has 5 aromatic rings. The number of halogens is 2. The molecule has 0 bridgehead atoms. The van der Waals surface area contributed by atoms with Crippen molar-refractivity contribution in [2.45, 2.75) is 6.54 Å². The molecule has 4 aromatic carbocycles. The van der Waals surface area contributed by atoms with Crippen LogP contribution in [0.1, 0.15) is 5.56 Å². The van der Waals surface area contributed by atoms with E-state index in [-0.39, 0.29) is 18.2 Å². The minimum absolute atomic E-state index is 0.223. The summed E-state index contributed by atoms with van der Waals surface area (Å²) in [6.07, 6.45) is 0. The first-order valence-corrected chi connectivity index (χ1v) is 10.4. The van der Waals surface area contributed by atoms with E-state index in [2.05, 4.69) is 0 Å². The first-order chi connectivity index (χ1) is 15.7. The Morgan fingerprint density at radius 3 is 1.81 bits per heavy atom. The third kappa shape index (κ3) is 3.71. The van der Waals surface area contributed by atoms with Crippen molar-refractivity contribution < 1.29 is 8.78 Å². The fourth-order valence-corrected chi connectivity index (χ4v) is 3.94. The number of aromatic nitrogens is 2. The van der Waals surface area contributed by atoms with Crippen molar-refractivity contribution in [2.24, 2.45) is 0 Å². The first kappa shape index (κ1) is 19.9. The Morgan fingerprint density at radius 2 is 1.16 bits per heavy atom. The Balaban J connectivity index is 1.83. The van der Waals surface area contributed by atoms with Gasteiger partial charge in [0, 0.05) is 16.7 Å². The molecule has 0 amide bonds. The van der Waals surface area contributed by atoms with Crippen LogP contribution in [0.3, 0.4) is 0 Å². The van der Waals surface area contributed by atoms with Gasteiger partial charge in [0.1, 0.15) is 17.5 Å². The average Bonchev–Trinajstić information content (AvgIpc) is 3.21. The molecule has 0 radical (unpaired) electrons. The van der Waals surface area contributed by atoms with Crippen LogP contribution in [0, 0.1) is 11.6 Å². The lowest BCUT2D eigenvalue weighted by atomic mass is 10.0. The summed E-state index contributed by atoms with van der Waals surface area (Å²) in [5.74, 6) is -0.212. The summed E-state index contributed by atoms with van der Waals surface area (Å²) in [7, 11) is 0. The van der Waals surface area contributed by atoms with E-state index < -0.39 is 0 Å². The standard InChI is InChI=1S/C28H20F2N2/c29-24-17-9-7-15-22(24)19-32-27(21-13-5-2-6-14-21)26(20-11-3-1-4-12-20)31-28(32)23-16-8-10-18-25(23)30/h1-18H,19H2. The second kappa shape index (κ2) is 8.60. The first-order valence-electron chi connectivity index (χ1n) is 10.4. The Hall–Kier alpha value is -4.05. The number of rotatable bonds is 5. The highest BCUT2D eigenvalue weighted by molar-refractivity contribution is 5.82. The quantitative estimate of drug-likeness (QED) is 0.293. The highest BCUT2D eigenvalue weighted by Gasteiger charge is 2.23. The Labute approximate surface area is 185 Å². The molecular weight excluding hydrogens is 402 g/mol. The molecular formula is C28H20F2N2. The van der Waals surface area contributed by atoms with Crippen LogP contribution < -0.4 is 0 Å². The van der Waals surface area contributed by atoms with E-state index in [1.165, 1.54) is 12.1 Å². The van der Waals surface area contributed by atoms with Gasteiger partial charge >= 0.3 is 0 Å². The second-order valence-electron chi connectivity index (χ2n) is 7.52. The maximum absolute atomic E-state index is 14.9. The third-order valence-electron chi connectivity index (χ3n) is 5.46. The molecule has 0 spiro atoms. The second-order valence-corrected chi connectivity index (χ2v) is 7.52. The minimum Gasteiger partial charge on any atom is -0.319 e. The molecule has 0 saturated heterocycles. The van der Waals surface area contributed by atoms with E-state index in [0.29, 0.717) is 17.0 Å². The minimum atomic E-state index is -0.369. The Bertz CT molecular complexity index is 1360. The van der Waals surface area contributed by atoms with Gasteiger partial charge in [-0.1, -0.05) is 91.0 Å². The molecule has 1 aromatic heterocycles. The highest BCUT2D eigenvalue weighted by atomic mass is 19.1. The topological polar surface area (TPSA) is 17.8 Å². The Morgan fingerprint density at radius 1 is 0.594 bits per heavy atom. The summed E-state index contributed by atoms with van der Waals surface area (Å²) in [4.78, 5) is 4.91. The van der Waals surface area contributed by atoms with Gasteiger partial charge < -0.3 is 4.57 Å². The van der Waals surface area contributed by atoms with Crippen LogP contribution in [0.25, 0.3) is 33.9 Å². The summed E-state index contributed by atoms with van der Waals surface area (Å²) in [6.45, 7) is 0.223. The number of benzene rings is 4. The van der Waals surface area contributed by atoms with Crippen molar-refractivity contribution in [1.29, 1.82) is 0 Å². The molecule has 0 aliphatic carbocycles. The molecule has 32 heavy (non-hydrogen) atoms. The van der Waals surface area contributed by atoms with Gasteiger partial charge in [-0.15, -0.1) is 0 Å². The van der Waals surface area contributed by atoms with Gasteiger partial charge in [0.2, 0.25) is 0 Å². The lowest BCUT2D eigenvalue weighted by molar-refractivity contribution is 0.599. The van der Waals surface area contributed by atoms with E-state index in [9.17, 15) is 8.78 Å². The summed E-state index contributed by atoms with van der Waals surface area (Å²) < 4.78 is 31.4. The third-order valence-corrected chi connectivity index (χ3v) is 5.46. The molecule has 0 unspecified atom stereocenters. The van der Waals surface area contributed by atoms with E-state index in [1.54, 1.807) is 36.4 Å². The largest absolute Gasteiger partial charge is 0.319 e. The highest BCUT2D eigenvalue weighted by Crippen LogP contribution is 2.37. The number of imidazole rings is 1. The lowest BCUT2D eigenvalue weighted by Crippen LogP contribution is -2.07. The van der Waals surface area contributed by atoms with Crippen molar-refractivity contribution in [3.05, 3.63) is 126 Å². The average molecular weight is 422 g/mol. The molecule has 0 aliphatic rings. The van der Waals surface area contributed by atoms with Gasteiger partial charge in [0.25, 0.3) is 0 Å². The van der Waals surface area contributed by atoms with Crippen molar-refractivity contribution in [1.82, 2.24) is 9.55 Å². The van der Waals surface area contributed by atoms with Gasteiger partial charge in [-0.2, -0.15) is 0 Å². The molecule has 0 fully saturated rings. The number of hydrogen-bond acceptors (Lipinski definition) is 1. The number of nitrogens with zero attached hydrogens (tertiary/aromatic N) is 2. The van der Waals surface area contributed by atoms with Crippen LogP contribution >= 0.6 is 0 Å². The molecule has 0 aliphatic heterocycles. The van der Waals surface area contributed by atoms with Crippen molar-refractivity contribution in [3.8, 4) is 33.9 Å². The predicted octanol–water partition coefficient (Wildman–Crippen LogP) is 7.21. The van der Waals surface area contributed by atoms with Crippen molar-refractivity contribution in [3.63, 3.8) is 0 Å². The van der Waals surface area contributed by atoms with Crippen molar-refractivity contribution in [2.75, 3.05) is 0 Å². The molecule has 1 heterocycles. The van der Waals surface area contributed by atoms with Gasteiger partial charge in [-0.3, -0.25) is 0 Å². The zero-order valence-electron chi connectivity index (χ0n) is 17.2. The fraction of sp³-hybridized carbons (Fsp3) is 0.0357. The van der Waals surface area contributed by atoms with Crippen LogP contribution in [-0.4, -0.2) is 9.55 Å². The summed E-state index contributed by atoms with van der Waals surface area (Å²) in [6, 6.07) is 32.8. The van der Waals surface area contributed by atoms with Crippen LogP contribution in [0.2, 0.25) is 0 Å². The van der Waals surface area contributed by atoms with Gasteiger partial charge in [-0.05, 0) is 18.2 Å². The normalized spacial score (nSPS) is 10.9. The summed E-state index contributed by atoms with van der Waals surface area (Å²) in [5, 5.41) is 0. The molecule has 0 N–H and O–H groups in total. The zero-order chi connectivity index (χ0) is 21.9. The number of hydrogen-bond donors (Lipinski definition) is 0. The molecule has 5 rings (SSSR count). The SMILES string of the molecule is Fc1ccccc1Cn1c(-c2ccccc2F)nc(-c2ccccc2)c1-c1ccccc1. The van der Waals surface area contributed by atoms with Crippen LogP contribution in [-0.2, 0) is 6.54 Å². The van der Waals surface area contributed by atoms with E-state index in [1.807, 2.05) is 65.2 Å². The van der Waals surface area contributed by atoms with Crippen molar-refractivity contribution >= 4 is 0 Å². The zero-order valence-corrected chi connectivity index (χ0v) is 17.2. The smallest absolute Gasteiger partial charge is 0.144 e.